The van der Waals surface area contributed by atoms with Crippen LogP contribution in [-0.2, 0) is 0 Å². The molecule has 1 N–H and O–H groups in total. The van der Waals surface area contributed by atoms with Gasteiger partial charge in [-0.2, -0.15) is 0 Å². The smallest absolute Gasteiger partial charge is 0.270 e. The number of hydrogen-bond donors (Lipinski definition) is 1. The van der Waals surface area contributed by atoms with Crippen LogP contribution >= 0.6 is 0 Å². The van der Waals surface area contributed by atoms with Gasteiger partial charge in [-0.25, -0.2) is 9.66 Å². The minimum Gasteiger partial charge on any atom is -0.493 e. The molecule has 1 aromatic heterocycles. The molecule has 0 bridgehead atoms. The second-order valence-electron chi connectivity index (χ2n) is 6.44. The van der Waals surface area contributed by atoms with Crippen molar-refractivity contribution >= 4 is 16.9 Å². The molecule has 0 saturated carbocycles. The number of ether oxygens (including phenoxy) is 2. The number of aromatic nitrogens is 2. The molecule has 0 saturated heterocycles. The van der Waals surface area contributed by atoms with Crippen LogP contribution in [0.2, 0.25) is 0 Å². The van der Waals surface area contributed by atoms with E-state index < -0.39 is 0 Å². The Balaban J connectivity index is 1.75. The predicted octanol–water partition coefficient (Wildman–Crippen LogP) is 3.85. The van der Waals surface area contributed by atoms with E-state index in [0.29, 0.717) is 29.6 Å². The van der Waals surface area contributed by atoms with Gasteiger partial charge in [0.05, 0.1) is 24.8 Å². The van der Waals surface area contributed by atoms with E-state index in [4.69, 9.17) is 9.47 Å². The van der Waals surface area contributed by atoms with E-state index in [-0.39, 0.29) is 5.91 Å². The van der Waals surface area contributed by atoms with E-state index in [1.54, 1.807) is 36.3 Å². The molecular weight excluding hydrogens is 330 g/mol. The number of amides is 1. The minimum atomic E-state index is -0.250. The third-order valence-corrected chi connectivity index (χ3v) is 4.05. The van der Waals surface area contributed by atoms with Crippen molar-refractivity contribution in [3.63, 3.8) is 0 Å². The SMILES string of the molecule is COc1cc(C(=O)Nn2cnc3ccccc32)ccc1OCCC(C)C. The average molecular weight is 353 g/mol. The highest BCUT2D eigenvalue weighted by atomic mass is 16.5. The van der Waals surface area contributed by atoms with Crippen LogP contribution in [0.3, 0.4) is 0 Å². The fourth-order valence-electron chi connectivity index (χ4n) is 2.55. The Morgan fingerprint density at radius 1 is 1.19 bits per heavy atom. The number of nitrogens with one attached hydrogen (secondary N) is 1. The molecule has 3 rings (SSSR count). The number of carbonyl (C=O) groups is 1. The first-order valence-electron chi connectivity index (χ1n) is 8.62. The van der Waals surface area contributed by atoms with Gasteiger partial charge in [0.2, 0.25) is 0 Å². The maximum Gasteiger partial charge on any atom is 0.270 e. The standard InChI is InChI=1S/C20H23N3O3/c1-14(2)10-11-26-18-9-8-15(12-19(18)25-3)20(24)22-23-13-21-16-6-4-5-7-17(16)23/h4-9,12-14H,10-11H2,1-3H3,(H,22,24). The maximum atomic E-state index is 12.6. The first-order valence-corrected chi connectivity index (χ1v) is 8.62. The molecule has 6 heteroatoms. The highest BCUT2D eigenvalue weighted by molar-refractivity contribution is 6.01. The molecule has 1 heterocycles. The Hall–Kier alpha value is -3.02. The van der Waals surface area contributed by atoms with Crippen LogP contribution in [0.1, 0.15) is 30.6 Å². The van der Waals surface area contributed by atoms with Crippen LogP contribution in [0.4, 0.5) is 0 Å². The normalized spacial score (nSPS) is 10.9. The summed E-state index contributed by atoms with van der Waals surface area (Å²) in [7, 11) is 1.57. The lowest BCUT2D eigenvalue weighted by Gasteiger charge is -2.13. The van der Waals surface area contributed by atoms with Crippen molar-refractivity contribution in [2.45, 2.75) is 20.3 Å². The summed E-state index contributed by atoms with van der Waals surface area (Å²) in [6.07, 6.45) is 2.54. The minimum absolute atomic E-state index is 0.250. The van der Waals surface area contributed by atoms with Crippen molar-refractivity contribution in [2.75, 3.05) is 19.1 Å². The second kappa shape index (κ2) is 7.91. The quantitative estimate of drug-likeness (QED) is 0.701. The Kier molecular flexibility index (Phi) is 5.41. The lowest BCUT2D eigenvalue weighted by atomic mass is 10.1. The zero-order chi connectivity index (χ0) is 18.5. The molecule has 2 aromatic carbocycles. The molecule has 136 valence electrons. The monoisotopic (exact) mass is 353 g/mol. The van der Waals surface area contributed by atoms with Gasteiger partial charge in [-0.1, -0.05) is 26.0 Å². The van der Waals surface area contributed by atoms with Crippen LogP contribution in [0.5, 0.6) is 11.5 Å². The molecule has 0 aliphatic carbocycles. The molecule has 0 atom stereocenters. The van der Waals surface area contributed by atoms with Gasteiger partial charge >= 0.3 is 0 Å². The molecule has 0 unspecified atom stereocenters. The summed E-state index contributed by atoms with van der Waals surface area (Å²) in [6.45, 7) is 4.91. The number of fused-ring (bicyclic) bond motifs is 1. The van der Waals surface area contributed by atoms with E-state index in [1.165, 1.54) is 0 Å². The molecule has 26 heavy (non-hydrogen) atoms. The summed E-state index contributed by atoms with van der Waals surface area (Å²) in [4.78, 5) is 16.8. The summed E-state index contributed by atoms with van der Waals surface area (Å²) in [6, 6.07) is 12.8. The second-order valence-corrected chi connectivity index (χ2v) is 6.44. The molecule has 0 radical (unpaired) electrons. The number of imidazole rings is 1. The number of hydrogen-bond acceptors (Lipinski definition) is 4. The van der Waals surface area contributed by atoms with Crippen molar-refractivity contribution in [3.05, 3.63) is 54.4 Å². The third-order valence-electron chi connectivity index (χ3n) is 4.05. The van der Waals surface area contributed by atoms with E-state index in [1.807, 2.05) is 24.3 Å². The molecule has 0 fully saturated rings. The summed E-state index contributed by atoms with van der Waals surface area (Å²) < 4.78 is 12.7. The summed E-state index contributed by atoms with van der Waals surface area (Å²) in [5.74, 6) is 1.49. The summed E-state index contributed by atoms with van der Waals surface area (Å²) in [5, 5.41) is 0. The van der Waals surface area contributed by atoms with Crippen LogP contribution in [0.25, 0.3) is 11.0 Å². The topological polar surface area (TPSA) is 65.4 Å². The average Bonchev–Trinajstić information content (AvgIpc) is 3.04. The van der Waals surface area contributed by atoms with Crippen molar-refractivity contribution in [1.82, 2.24) is 9.66 Å². The largest absolute Gasteiger partial charge is 0.493 e. The Bertz CT molecular complexity index is 902. The fourth-order valence-corrected chi connectivity index (χ4v) is 2.55. The van der Waals surface area contributed by atoms with E-state index in [2.05, 4.69) is 24.3 Å². The first kappa shape index (κ1) is 17.8. The molecular formula is C20H23N3O3. The number of methoxy groups -OCH3 is 1. The number of carbonyl (C=O) groups excluding carboxylic acids is 1. The molecule has 1 amide bonds. The highest BCUT2D eigenvalue weighted by Gasteiger charge is 2.13. The van der Waals surface area contributed by atoms with Gasteiger partial charge in [0.15, 0.2) is 11.5 Å². The molecule has 0 aliphatic heterocycles. The van der Waals surface area contributed by atoms with Gasteiger partial charge in [0, 0.05) is 5.56 Å². The van der Waals surface area contributed by atoms with Crippen molar-refractivity contribution in [2.24, 2.45) is 5.92 Å². The third kappa shape index (κ3) is 3.96. The predicted molar refractivity (Wildman–Crippen MR) is 101 cm³/mol. The van der Waals surface area contributed by atoms with Crippen LogP contribution < -0.4 is 14.9 Å². The Morgan fingerprint density at radius 3 is 2.77 bits per heavy atom. The van der Waals surface area contributed by atoms with Crippen LogP contribution in [-0.4, -0.2) is 29.3 Å². The van der Waals surface area contributed by atoms with Crippen molar-refractivity contribution in [3.8, 4) is 11.5 Å². The zero-order valence-electron chi connectivity index (χ0n) is 15.2. The Labute approximate surface area is 152 Å². The zero-order valence-corrected chi connectivity index (χ0v) is 15.2. The van der Waals surface area contributed by atoms with Gasteiger partial charge in [-0.05, 0) is 42.7 Å². The Morgan fingerprint density at radius 2 is 2.00 bits per heavy atom. The van der Waals surface area contributed by atoms with Gasteiger partial charge < -0.3 is 9.47 Å². The molecule has 3 aromatic rings. The fraction of sp³-hybridized carbons (Fsp3) is 0.300. The maximum absolute atomic E-state index is 12.6. The van der Waals surface area contributed by atoms with Gasteiger partial charge in [0.25, 0.3) is 5.91 Å². The van der Waals surface area contributed by atoms with E-state index >= 15 is 0 Å². The summed E-state index contributed by atoms with van der Waals surface area (Å²) in [5.41, 5.74) is 4.96. The summed E-state index contributed by atoms with van der Waals surface area (Å²) >= 11 is 0. The molecule has 0 aliphatic rings. The lowest BCUT2D eigenvalue weighted by Crippen LogP contribution is -2.22. The van der Waals surface area contributed by atoms with E-state index in [9.17, 15) is 4.79 Å². The van der Waals surface area contributed by atoms with Crippen LogP contribution in [0, 0.1) is 5.92 Å². The number of para-hydroxylation sites is 2. The molecule has 0 spiro atoms. The number of rotatable bonds is 7. The van der Waals surface area contributed by atoms with Gasteiger partial charge in [0.1, 0.15) is 6.33 Å². The number of benzene rings is 2. The van der Waals surface area contributed by atoms with Gasteiger partial charge in [-0.15, -0.1) is 0 Å². The number of nitrogens with zero attached hydrogens (tertiary/aromatic N) is 2. The van der Waals surface area contributed by atoms with Crippen molar-refractivity contribution in [1.29, 1.82) is 0 Å². The van der Waals surface area contributed by atoms with Crippen LogP contribution in [0.15, 0.2) is 48.8 Å². The van der Waals surface area contributed by atoms with E-state index in [0.717, 1.165) is 17.5 Å². The first-order chi connectivity index (χ1) is 12.6. The van der Waals surface area contributed by atoms with Crippen molar-refractivity contribution < 1.29 is 14.3 Å². The van der Waals surface area contributed by atoms with Gasteiger partial charge in [-0.3, -0.25) is 10.2 Å². The molecule has 6 nitrogen and oxygen atoms in total. The lowest BCUT2D eigenvalue weighted by molar-refractivity contribution is 0.101. The highest BCUT2D eigenvalue weighted by Crippen LogP contribution is 2.28.